The van der Waals surface area contributed by atoms with Crippen LogP contribution >= 0.6 is 0 Å². The van der Waals surface area contributed by atoms with Crippen LogP contribution < -0.4 is 5.32 Å². The maximum Gasteiger partial charge on any atom is 0.317 e. The van der Waals surface area contributed by atoms with Gasteiger partial charge < -0.3 is 15.1 Å². The number of nitrogens with zero attached hydrogens (tertiary/aromatic N) is 2. The lowest BCUT2D eigenvalue weighted by molar-refractivity contribution is -0.133. The highest BCUT2D eigenvalue weighted by Crippen LogP contribution is 2.00. The molecular weight excluding hydrogens is 194 g/mol. The molecule has 1 saturated heterocycles. The molecule has 5 nitrogen and oxygen atoms in total. The molecule has 0 bridgehead atoms. The molecule has 0 saturated carbocycles. The molecule has 1 N–H and O–H groups in total. The highest BCUT2D eigenvalue weighted by atomic mass is 16.2. The topological polar surface area (TPSA) is 52.7 Å². The minimum Gasteiger partial charge on any atom is -0.342 e. The lowest BCUT2D eigenvalue weighted by Crippen LogP contribution is -2.53. The third-order valence-corrected chi connectivity index (χ3v) is 2.55. The standard InChI is InChI=1S/C10H19N3O2/c1-3-4-5-11-10(15)13-7-6-12(2)9(14)8-13/h3-8H2,1-2H3,(H,11,15). The average Bonchev–Trinajstić information content (AvgIpc) is 2.22. The van der Waals surface area contributed by atoms with Gasteiger partial charge in [-0.3, -0.25) is 4.79 Å². The number of amides is 3. The fraction of sp³-hybridized carbons (Fsp3) is 0.800. The number of hydrogen-bond donors (Lipinski definition) is 1. The summed E-state index contributed by atoms with van der Waals surface area (Å²) in [6.07, 6.45) is 2.04. The van der Waals surface area contributed by atoms with Crippen LogP contribution in [0.15, 0.2) is 0 Å². The first-order chi connectivity index (χ1) is 7.15. The Kier molecular flexibility index (Phi) is 4.39. The molecule has 0 atom stereocenters. The van der Waals surface area contributed by atoms with E-state index in [-0.39, 0.29) is 18.5 Å². The third kappa shape index (κ3) is 3.42. The van der Waals surface area contributed by atoms with Crippen LogP contribution in [-0.4, -0.2) is 55.0 Å². The van der Waals surface area contributed by atoms with Gasteiger partial charge in [0, 0.05) is 26.7 Å². The zero-order valence-corrected chi connectivity index (χ0v) is 9.45. The summed E-state index contributed by atoms with van der Waals surface area (Å²) in [5.74, 6) is 0.00638. The summed E-state index contributed by atoms with van der Waals surface area (Å²) in [5, 5.41) is 2.80. The second-order valence-corrected chi connectivity index (χ2v) is 3.82. The van der Waals surface area contributed by atoms with Crippen molar-refractivity contribution in [2.45, 2.75) is 19.8 Å². The Hall–Kier alpha value is -1.26. The predicted octanol–water partition coefficient (Wildman–Crippen LogP) is 0.270. The maximum absolute atomic E-state index is 11.6. The van der Waals surface area contributed by atoms with E-state index in [1.807, 2.05) is 0 Å². The van der Waals surface area contributed by atoms with Gasteiger partial charge in [-0.15, -0.1) is 0 Å². The lowest BCUT2D eigenvalue weighted by Gasteiger charge is -2.31. The summed E-state index contributed by atoms with van der Waals surface area (Å²) in [5.41, 5.74) is 0. The number of rotatable bonds is 3. The largest absolute Gasteiger partial charge is 0.342 e. The zero-order valence-electron chi connectivity index (χ0n) is 9.45. The van der Waals surface area contributed by atoms with Crippen molar-refractivity contribution in [2.24, 2.45) is 0 Å². The second-order valence-electron chi connectivity index (χ2n) is 3.82. The summed E-state index contributed by atoms with van der Waals surface area (Å²) in [4.78, 5) is 26.1. The first kappa shape index (κ1) is 11.8. The van der Waals surface area contributed by atoms with Crippen molar-refractivity contribution < 1.29 is 9.59 Å². The van der Waals surface area contributed by atoms with E-state index in [4.69, 9.17) is 0 Å². The fourth-order valence-electron chi connectivity index (χ4n) is 1.42. The van der Waals surface area contributed by atoms with Crippen molar-refractivity contribution >= 4 is 11.9 Å². The first-order valence-electron chi connectivity index (χ1n) is 5.42. The van der Waals surface area contributed by atoms with Gasteiger partial charge in [-0.05, 0) is 6.42 Å². The molecule has 0 radical (unpaired) electrons. The van der Waals surface area contributed by atoms with E-state index in [2.05, 4.69) is 12.2 Å². The van der Waals surface area contributed by atoms with Crippen LogP contribution in [0.1, 0.15) is 19.8 Å². The van der Waals surface area contributed by atoms with Crippen LogP contribution in [0, 0.1) is 0 Å². The Bertz CT molecular complexity index is 243. The van der Waals surface area contributed by atoms with Crippen molar-refractivity contribution in [3.05, 3.63) is 0 Å². The normalized spacial score (nSPS) is 16.8. The second kappa shape index (κ2) is 5.58. The SMILES string of the molecule is CCCCNC(=O)N1CCN(C)C(=O)C1. The number of urea groups is 1. The van der Waals surface area contributed by atoms with Crippen molar-refractivity contribution in [1.29, 1.82) is 0 Å². The van der Waals surface area contributed by atoms with Crippen LogP contribution in [0.3, 0.4) is 0 Å². The Morgan fingerprint density at radius 2 is 2.20 bits per heavy atom. The molecule has 5 heteroatoms. The number of hydrogen-bond acceptors (Lipinski definition) is 2. The van der Waals surface area contributed by atoms with Gasteiger partial charge in [0.25, 0.3) is 0 Å². The Morgan fingerprint density at radius 3 is 2.80 bits per heavy atom. The smallest absolute Gasteiger partial charge is 0.317 e. The van der Waals surface area contributed by atoms with Crippen LogP contribution in [0.4, 0.5) is 4.79 Å². The number of carbonyl (C=O) groups excluding carboxylic acids is 2. The molecule has 0 aliphatic carbocycles. The zero-order chi connectivity index (χ0) is 11.3. The highest BCUT2D eigenvalue weighted by Gasteiger charge is 2.24. The lowest BCUT2D eigenvalue weighted by atomic mass is 10.3. The van der Waals surface area contributed by atoms with Gasteiger partial charge in [-0.25, -0.2) is 4.79 Å². The number of carbonyl (C=O) groups is 2. The minimum absolute atomic E-state index is 0.00638. The quantitative estimate of drug-likeness (QED) is 0.684. The number of likely N-dealkylation sites (N-methyl/N-ethyl adjacent to an activating group) is 1. The Labute approximate surface area is 90.4 Å². The molecule has 1 rings (SSSR count). The van der Waals surface area contributed by atoms with E-state index < -0.39 is 0 Å². The molecule has 0 unspecified atom stereocenters. The number of nitrogens with one attached hydrogen (secondary N) is 1. The maximum atomic E-state index is 11.6. The summed E-state index contributed by atoms with van der Waals surface area (Å²) in [6.45, 7) is 4.22. The van der Waals surface area contributed by atoms with Crippen LogP contribution in [-0.2, 0) is 4.79 Å². The molecule has 0 aromatic rings. The monoisotopic (exact) mass is 213 g/mol. The Balaban J connectivity index is 2.31. The van der Waals surface area contributed by atoms with Crippen LogP contribution in [0.2, 0.25) is 0 Å². The van der Waals surface area contributed by atoms with E-state index in [9.17, 15) is 9.59 Å². The van der Waals surface area contributed by atoms with Gasteiger partial charge in [-0.1, -0.05) is 13.3 Å². The number of unbranched alkanes of at least 4 members (excludes halogenated alkanes) is 1. The molecule has 1 heterocycles. The molecule has 1 aliphatic rings. The minimum atomic E-state index is -0.120. The van der Waals surface area contributed by atoms with E-state index in [0.29, 0.717) is 19.6 Å². The van der Waals surface area contributed by atoms with Crippen LogP contribution in [0.5, 0.6) is 0 Å². The average molecular weight is 213 g/mol. The molecule has 0 spiro atoms. The first-order valence-corrected chi connectivity index (χ1v) is 5.42. The molecule has 1 aliphatic heterocycles. The molecule has 15 heavy (non-hydrogen) atoms. The summed E-state index contributed by atoms with van der Waals surface area (Å²) in [7, 11) is 1.76. The van der Waals surface area contributed by atoms with Crippen molar-refractivity contribution in [3.63, 3.8) is 0 Å². The number of piperazine rings is 1. The molecule has 1 fully saturated rings. The van der Waals surface area contributed by atoms with Gasteiger partial charge in [-0.2, -0.15) is 0 Å². The summed E-state index contributed by atoms with van der Waals surface area (Å²) in [6, 6.07) is -0.120. The van der Waals surface area contributed by atoms with Crippen molar-refractivity contribution in [1.82, 2.24) is 15.1 Å². The predicted molar refractivity (Wildman–Crippen MR) is 57.5 cm³/mol. The molecule has 0 aromatic carbocycles. The Morgan fingerprint density at radius 1 is 1.47 bits per heavy atom. The van der Waals surface area contributed by atoms with Crippen molar-refractivity contribution in [3.8, 4) is 0 Å². The van der Waals surface area contributed by atoms with E-state index >= 15 is 0 Å². The summed E-state index contributed by atoms with van der Waals surface area (Å²) >= 11 is 0. The third-order valence-electron chi connectivity index (χ3n) is 2.55. The fourth-order valence-corrected chi connectivity index (χ4v) is 1.42. The molecule has 86 valence electrons. The van der Waals surface area contributed by atoms with E-state index in [1.54, 1.807) is 16.8 Å². The van der Waals surface area contributed by atoms with E-state index in [0.717, 1.165) is 12.8 Å². The van der Waals surface area contributed by atoms with Gasteiger partial charge in [0.15, 0.2) is 0 Å². The van der Waals surface area contributed by atoms with Gasteiger partial charge in [0.05, 0.1) is 0 Å². The highest BCUT2D eigenvalue weighted by molar-refractivity contribution is 5.85. The molecule has 3 amide bonds. The van der Waals surface area contributed by atoms with Gasteiger partial charge in [0.1, 0.15) is 6.54 Å². The van der Waals surface area contributed by atoms with Crippen LogP contribution in [0.25, 0.3) is 0 Å². The van der Waals surface area contributed by atoms with E-state index in [1.165, 1.54) is 0 Å². The van der Waals surface area contributed by atoms with Crippen molar-refractivity contribution in [2.75, 3.05) is 33.2 Å². The van der Waals surface area contributed by atoms with Gasteiger partial charge >= 0.3 is 6.03 Å². The molecular formula is C10H19N3O2. The van der Waals surface area contributed by atoms with Gasteiger partial charge in [0.2, 0.25) is 5.91 Å². The summed E-state index contributed by atoms with van der Waals surface area (Å²) < 4.78 is 0. The molecule has 0 aromatic heterocycles.